The predicted octanol–water partition coefficient (Wildman–Crippen LogP) is 3.37. The highest BCUT2D eigenvalue weighted by Gasteiger charge is 2.40. The molecule has 1 aromatic heterocycles. The maximum Gasteiger partial charge on any atom is 0.341 e. The lowest BCUT2D eigenvalue weighted by molar-refractivity contribution is -0.144. The number of aromatic carboxylic acids is 1. The summed E-state index contributed by atoms with van der Waals surface area (Å²) in [7, 11) is 0. The van der Waals surface area contributed by atoms with Gasteiger partial charge < -0.3 is 25.2 Å². The molecule has 1 saturated carbocycles. The van der Waals surface area contributed by atoms with E-state index in [2.05, 4.69) is 0 Å². The van der Waals surface area contributed by atoms with Crippen LogP contribution in [0, 0.1) is 17.0 Å². The molecule has 2 aliphatic rings. The SMILES string of the molecule is CC1CN(c2c(F)c(N)c3c(=O)c(C(=O)O)cn(C4CC4)c3c2F)CC(C)N1C(=O)C(C)(C)C. The molecule has 0 radical (unpaired) electrons. The summed E-state index contributed by atoms with van der Waals surface area (Å²) in [5.41, 5.74) is 2.73. The molecule has 1 aliphatic carbocycles. The van der Waals surface area contributed by atoms with Gasteiger partial charge in [0.25, 0.3) is 0 Å². The third-order valence-electron chi connectivity index (χ3n) is 6.65. The number of carbonyl (C=O) groups is 2. The van der Waals surface area contributed by atoms with Crippen LogP contribution < -0.4 is 16.1 Å². The van der Waals surface area contributed by atoms with Crippen molar-refractivity contribution in [3.8, 4) is 0 Å². The van der Waals surface area contributed by atoms with Crippen LogP contribution in [-0.2, 0) is 4.79 Å². The summed E-state index contributed by atoms with van der Waals surface area (Å²) < 4.78 is 33.0. The van der Waals surface area contributed by atoms with Gasteiger partial charge >= 0.3 is 5.97 Å². The molecule has 1 amide bonds. The Balaban J connectivity index is 1.88. The number of amides is 1. The van der Waals surface area contributed by atoms with Crippen LogP contribution in [0.2, 0.25) is 0 Å². The van der Waals surface area contributed by atoms with E-state index in [0.717, 1.165) is 6.20 Å². The van der Waals surface area contributed by atoms with Crippen molar-refractivity contribution in [2.45, 2.75) is 65.6 Å². The van der Waals surface area contributed by atoms with Gasteiger partial charge in [-0.05, 0) is 26.7 Å². The van der Waals surface area contributed by atoms with E-state index < -0.39 is 45.1 Å². The number of hydrogen-bond donors (Lipinski definition) is 2. The monoisotopic (exact) mass is 476 g/mol. The fourth-order valence-corrected chi connectivity index (χ4v) is 4.92. The molecule has 34 heavy (non-hydrogen) atoms. The number of nitrogens with zero attached hydrogens (tertiary/aromatic N) is 3. The summed E-state index contributed by atoms with van der Waals surface area (Å²) >= 11 is 0. The van der Waals surface area contributed by atoms with Crippen LogP contribution in [0.25, 0.3) is 10.9 Å². The van der Waals surface area contributed by atoms with Crippen LogP contribution in [-0.4, -0.2) is 51.6 Å². The van der Waals surface area contributed by atoms with Crippen molar-refractivity contribution in [1.82, 2.24) is 9.47 Å². The second-order valence-electron chi connectivity index (χ2n) is 10.5. The highest BCUT2D eigenvalue weighted by Crippen LogP contribution is 2.42. The lowest BCUT2D eigenvalue weighted by Gasteiger charge is -2.47. The molecule has 1 aliphatic heterocycles. The van der Waals surface area contributed by atoms with E-state index in [0.29, 0.717) is 12.8 Å². The predicted molar refractivity (Wildman–Crippen MR) is 125 cm³/mol. The Morgan fingerprint density at radius 3 is 2.12 bits per heavy atom. The van der Waals surface area contributed by atoms with Gasteiger partial charge in [0.1, 0.15) is 11.3 Å². The summed E-state index contributed by atoms with van der Waals surface area (Å²) in [6.07, 6.45) is 2.50. The molecule has 2 aromatic rings. The van der Waals surface area contributed by atoms with Crippen LogP contribution in [0.3, 0.4) is 0 Å². The summed E-state index contributed by atoms with van der Waals surface area (Å²) in [4.78, 5) is 40.7. The van der Waals surface area contributed by atoms with E-state index >= 15 is 8.78 Å². The number of nitrogen functional groups attached to an aromatic ring is 1. The van der Waals surface area contributed by atoms with Gasteiger partial charge in [-0.3, -0.25) is 9.59 Å². The zero-order valence-electron chi connectivity index (χ0n) is 20.0. The number of anilines is 2. The first-order chi connectivity index (χ1) is 15.8. The number of nitrogens with two attached hydrogens (primary N) is 1. The van der Waals surface area contributed by atoms with Gasteiger partial charge in [0.15, 0.2) is 11.6 Å². The molecule has 3 N–H and O–H groups in total. The molecular formula is C24H30F2N4O4. The fraction of sp³-hybridized carbons (Fsp3) is 0.542. The van der Waals surface area contributed by atoms with Crippen LogP contribution >= 0.6 is 0 Å². The normalized spacial score (nSPS) is 21.3. The molecular weight excluding hydrogens is 446 g/mol. The minimum Gasteiger partial charge on any atom is -0.477 e. The summed E-state index contributed by atoms with van der Waals surface area (Å²) in [5.74, 6) is -3.57. The van der Waals surface area contributed by atoms with E-state index in [1.807, 2.05) is 34.6 Å². The van der Waals surface area contributed by atoms with Gasteiger partial charge in [0.2, 0.25) is 11.3 Å². The first kappa shape index (κ1) is 24.0. The van der Waals surface area contributed by atoms with Crippen molar-refractivity contribution < 1.29 is 23.5 Å². The van der Waals surface area contributed by atoms with Crippen molar-refractivity contribution in [2.24, 2.45) is 5.41 Å². The molecule has 8 nitrogen and oxygen atoms in total. The molecule has 2 unspecified atom stereocenters. The van der Waals surface area contributed by atoms with Gasteiger partial charge in [-0.15, -0.1) is 0 Å². The number of carboxylic acids is 1. The standard InChI is InChI=1S/C24H30F2N4O4/c1-11-8-28(9-12(2)30(11)23(34)24(3,4)5)20-16(25)18(27)15-19(17(20)26)29(13-6-7-13)10-14(21(15)31)22(32)33/h10-13H,6-9,27H2,1-5H3,(H,32,33). The topological polar surface area (TPSA) is 109 Å². The lowest BCUT2D eigenvalue weighted by Crippen LogP contribution is -2.61. The Labute approximate surface area is 195 Å². The van der Waals surface area contributed by atoms with Crippen molar-refractivity contribution in [1.29, 1.82) is 0 Å². The van der Waals surface area contributed by atoms with Crippen molar-refractivity contribution in [2.75, 3.05) is 23.7 Å². The van der Waals surface area contributed by atoms with Crippen LogP contribution in [0.4, 0.5) is 20.2 Å². The van der Waals surface area contributed by atoms with Crippen LogP contribution in [0.1, 0.15) is 63.9 Å². The lowest BCUT2D eigenvalue weighted by atomic mass is 9.92. The summed E-state index contributed by atoms with van der Waals surface area (Å²) in [6, 6.07) is -0.843. The number of carbonyl (C=O) groups excluding carboxylic acids is 1. The highest BCUT2D eigenvalue weighted by atomic mass is 19.1. The molecule has 10 heteroatoms. The smallest absolute Gasteiger partial charge is 0.341 e. The Morgan fingerprint density at radius 1 is 1.09 bits per heavy atom. The van der Waals surface area contributed by atoms with Crippen LogP contribution in [0.5, 0.6) is 0 Å². The van der Waals surface area contributed by atoms with Gasteiger partial charge in [-0.2, -0.15) is 0 Å². The number of halogens is 2. The minimum atomic E-state index is -1.48. The van der Waals surface area contributed by atoms with Gasteiger partial charge in [-0.25, -0.2) is 13.6 Å². The second kappa shape index (κ2) is 7.95. The third-order valence-corrected chi connectivity index (χ3v) is 6.65. The minimum absolute atomic E-state index is 0.0464. The number of fused-ring (bicyclic) bond motifs is 1. The molecule has 0 bridgehead atoms. The van der Waals surface area contributed by atoms with Crippen molar-refractivity contribution >= 4 is 34.2 Å². The van der Waals surface area contributed by atoms with E-state index in [1.54, 1.807) is 4.90 Å². The number of carboxylic acid groups (broad SMARTS) is 1. The number of rotatable bonds is 3. The molecule has 2 atom stereocenters. The van der Waals surface area contributed by atoms with E-state index in [-0.39, 0.29) is 48.3 Å². The van der Waals surface area contributed by atoms with E-state index in [9.17, 15) is 19.5 Å². The molecule has 4 rings (SSSR count). The van der Waals surface area contributed by atoms with Crippen molar-refractivity contribution in [3.05, 3.63) is 33.6 Å². The van der Waals surface area contributed by atoms with Gasteiger partial charge in [0, 0.05) is 42.8 Å². The average Bonchev–Trinajstić information content (AvgIpc) is 3.55. The Bertz CT molecular complexity index is 1250. The zero-order chi connectivity index (χ0) is 25.3. The zero-order valence-corrected chi connectivity index (χ0v) is 20.0. The second-order valence-corrected chi connectivity index (χ2v) is 10.5. The largest absolute Gasteiger partial charge is 0.477 e. The van der Waals surface area contributed by atoms with Gasteiger partial charge in [-0.1, -0.05) is 20.8 Å². The Hall–Kier alpha value is -3.17. The molecule has 1 saturated heterocycles. The maximum atomic E-state index is 16.0. The average molecular weight is 477 g/mol. The Morgan fingerprint density at radius 2 is 1.65 bits per heavy atom. The Kier molecular flexibility index (Phi) is 5.61. The fourth-order valence-electron chi connectivity index (χ4n) is 4.92. The molecule has 2 heterocycles. The number of benzene rings is 1. The van der Waals surface area contributed by atoms with Gasteiger partial charge in [0.05, 0.1) is 16.6 Å². The molecule has 0 spiro atoms. The molecule has 1 aromatic carbocycles. The number of pyridine rings is 1. The maximum absolute atomic E-state index is 16.0. The summed E-state index contributed by atoms with van der Waals surface area (Å²) in [6.45, 7) is 9.47. The van der Waals surface area contributed by atoms with Crippen molar-refractivity contribution in [3.63, 3.8) is 0 Å². The first-order valence-electron chi connectivity index (χ1n) is 11.4. The molecule has 2 fully saturated rings. The number of aromatic nitrogens is 1. The van der Waals surface area contributed by atoms with Crippen LogP contribution in [0.15, 0.2) is 11.0 Å². The highest BCUT2D eigenvalue weighted by molar-refractivity contribution is 6.00. The number of hydrogen-bond acceptors (Lipinski definition) is 5. The first-order valence-corrected chi connectivity index (χ1v) is 11.4. The van der Waals surface area contributed by atoms with E-state index in [1.165, 1.54) is 9.47 Å². The third kappa shape index (κ3) is 3.69. The van der Waals surface area contributed by atoms with E-state index in [4.69, 9.17) is 5.73 Å². The summed E-state index contributed by atoms with van der Waals surface area (Å²) in [5, 5.41) is 8.99. The quantitative estimate of drug-likeness (QED) is 0.658. The number of piperazine rings is 1. The molecule has 184 valence electrons.